The average molecular weight is 1200 g/mol. The molecule has 84 heavy (non-hydrogen) atoms. The normalized spacial score (nSPS) is 20.5. The summed E-state index contributed by atoms with van der Waals surface area (Å²) < 4.78 is 0. The lowest BCUT2D eigenvalue weighted by molar-refractivity contribution is -0.141. The minimum atomic E-state index is -1.80. The fourth-order valence-electron chi connectivity index (χ4n) is 9.71. The van der Waals surface area contributed by atoms with Crippen molar-refractivity contribution in [1.29, 1.82) is 0 Å². The maximum Gasteiger partial charge on any atom is 0.305 e. The number of phenols is 2. The summed E-state index contributed by atoms with van der Waals surface area (Å²) in [6.07, 6.45) is -3.36. The monoisotopic (exact) mass is 1200 g/mol. The predicted molar refractivity (Wildman–Crippen MR) is 316 cm³/mol. The molecule has 6 rings (SSSR count). The van der Waals surface area contributed by atoms with Gasteiger partial charge in [-0.1, -0.05) is 80.6 Å². The molecule has 0 bridgehead atoms. The van der Waals surface area contributed by atoms with Crippen molar-refractivity contribution >= 4 is 77.6 Å². The molecule has 0 aromatic heterocycles. The van der Waals surface area contributed by atoms with Crippen LogP contribution < -0.4 is 42.5 Å². The van der Waals surface area contributed by atoms with Crippen molar-refractivity contribution in [3.8, 4) is 22.6 Å². The van der Waals surface area contributed by atoms with E-state index in [1.165, 1.54) is 48.2 Å². The number of carboxylic acids is 1. The lowest BCUT2D eigenvalue weighted by atomic mass is 10.0. The molecule has 11 atom stereocenters. The van der Waals surface area contributed by atoms with Gasteiger partial charge in [0.1, 0.15) is 47.9 Å². The number of aromatic hydroxyl groups is 2. The van der Waals surface area contributed by atoms with Gasteiger partial charge < -0.3 is 67.7 Å². The minimum absolute atomic E-state index is 0.0396. The highest BCUT2D eigenvalue weighted by Crippen LogP contribution is 2.36. The Bertz CT molecular complexity index is 2920. The molecule has 2 unspecified atom stereocenters. The Morgan fingerprint density at radius 1 is 0.750 bits per heavy atom. The largest absolute Gasteiger partial charge is 0.508 e. The van der Waals surface area contributed by atoms with Crippen LogP contribution in [0.4, 0.5) is 0 Å². The lowest BCUT2D eigenvalue weighted by Gasteiger charge is -2.34. The summed E-state index contributed by atoms with van der Waals surface area (Å²) in [7, 11) is 0. The summed E-state index contributed by atoms with van der Waals surface area (Å²) in [4.78, 5) is 125. The summed E-state index contributed by atoms with van der Waals surface area (Å²) in [5.74, 6) is -8.02. The second kappa shape index (κ2) is 31.3. The van der Waals surface area contributed by atoms with Crippen LogP contribution in [-0.2, 0) is 44.8 Å². The van der Waals surface area contributed by atoms with Crippen LogP contribution in [0.3, 0.4) is 0 Å². The molecule has 452 valence electrons. The van der Waals surface area contributed by atoms with E-state index in [-0.39, 0.29) is 54.7 Å². The molecule has 23 nitrogen and oxygen atoms in total. The van der Waals surface area contributed by atoms with Crippen LogP contribution in [0, 0.1) is 5.92 Å². The van der Waals surface area contributed by atoms with Crippen molar-refractivity contribution in [3.05, 3.63) is 120 Å². The number of nitrogens with zero attached hydrogens (tertiary/aromatic N) is 1. The molecule has 0 radical (unpaired) electrons. The van der Waals surface area contributed by atoms with Crippen LogP contribution in [0.2, 0.25) is 0 Å². The number of amides is 8. The van der Waals surface area contributed by atoms with Gasteiger partial charge in [-0.15, -0.1) is 0 Å². The Balaban J connectivity index is 1.23. The van der Waals surface area contributed by atoms with E-state index in [9.17, 15) is 68.7 Å². The number of thioether (sulfide) groups is 1. The predicted octanol–water partition coefficient (Wildman–Crippen LogP) is 1.64. The molecule has 2 fully saturated rings. The van der Waals surface area contributed by atoms with Gasteiger partial charge in [0.05, 0.1) is 31.2 Å². The number of likely N-dealkylation sites (tertiary alicyclic amines) is 1. The fourth-order valence-corrected chi connectivity index (χ4v) is 11.2. The van der Waals surface area contributed by atoms with E-state index < -0.39 is 132 Å². The number of hydrogen-bond donors (Lipinski definition) is 14. The first-order valence-corrected chi connectivity index (χ1v) is 29.4. The van der Waals surface area contributed by atoms with Crippen LogP contribution in [-0.4, -0.2) is 169 Å². The zero-order valence-corrected chi connectivity index (χ0v) is 48.7. The van der Waals surface area contributed by atoms with Crippen molar-refractivity contribution in [2.24, 2.45) is 5.92 Å². The Morgan fingerprint density at radius 2 is 1.39 bits per heavy atom. The molecular formula is C59H75N9O14S2. The first-order valence-electron chi connectivity index (χ1n) is 27.7. The number of phenolic OH excluding ortho intramolecular Hbond substituents is 2. The summed E-state index contributed by atoms with van der Waals surface area (Å²) >= 11 is 5.25. The van der Waals surface area contributed by atoms with Gasteiger partial charge in [-0.25, -0.2) is 0 Å². The van der Waals surface area contributed by atoms with E-state index in [4.69, 9.17) is 0 Å². The summed E-state index contributed by atoms with van der Waals surface area (Å²) in [5, 5.41) is 72.8. The zero-order chi connectivity index (χ0) is 61.2. The van der Waals surface area contributed by atoms with Crippen LogP contribution >= 0.6 is 24.4 Å². The molecule has 25 heteroatoms. The zero-order valence-electron chi connectivity index (χ0n) is 47.0. The van der Waals surface area contributed by atoms with Crippen molar-refractivity contribution in [3.63, 3.8) is 0 Å². The van der Waals surface area contributed by atoms with Gasteiger partial charge in [0.2, 0.25) is 41.4 Å². The lowest BCUT2D eigenvalue weighted by Crippen LogP contribution is -2.61. The van der Waals surface area contributed by atoms with Crippen LogP contribution in [0.25, 0.3) is 11.1 Å². The average Bonchev–Trinajstić information content (AvgIpc) is 4.08. The number of carbonyl (C=O) groups excluding carboxylic acids is 8. The Morgan fingerprint density at radius 3 is 2.01 bits per heavy atom. The number of aliphatic hydroxyl groups is 2. The Kier molecular flexibility index (Phi) is 24.4. The first kappa shape index (κ1) is 65.4. The minimum Gasteiger partial charge on any atom is -0.508 e. The highest BCUT2D eigenvalue weighted by Gasteiger charge is 2.41. The molecule has 2 saturated heterocycles. The Hall–Kier alpha value is -7.71. The maximum absolute atomic E-state index is 14.7. The second-order valence-corrected chi connectivity index (χ2v) is 23.0. The third-order valence-electron chi connectivity index (χ3n) is 14.2. The molecule has 4 aromatic carbocycles. The highest BCUT2D eigenvalue weighted by molar-refractivity contribution is 7.99. The number of aliphatic carboxylic acids is 1. The van der Waals surface area contributed by atoms with E-state index in [0.29, 0.717) is 29.5 Å². The molecule has 2 heterocycles. The number of carboxylic acid groups (broad SMARTS) is 1. The van der Waals surface area contributed by atoms with Gasteiger partial charge in [0.15, 0.2) is 0 Å². The standard InChI is InChI=1S/C59H75N9O14S2/c1-32(2)25-45(65-52(75)39-16-14-37(15-17-39)36-9-6-5-7-10-36)59(82)68-24-8-11-47(68)57(80)66-46-31-84-48(38-18-22-41(71)23-19-38)27-43(63-55(78)44(28-50(73)74)64-56(46)79)54(77)62-42(26-35-12-20-40(70)21-13-35)53(76)60-29-49(72)67-51(34(4)69)58(81)61-33(3)30-83/h5-7,9-10,12-23,32-34,42-48,51,57,66,69-71,80,83H,8,11,24-31H2,1-4H3,(H,60,76)(H,61,81)(H,62,77)(H,63,78)(H,64,79)(H,65,75)(H,67,72)(H,73,74)/t33-,34?,42+,43+,44+,45+,46+,47+,48?,51+,57+/m1/s1. The van der Waals surface area contributed by atoms with Gasteiger partial charge in [-0.05, 0) is 104 Å². The summed E-state index contributed by atoms with van der Waals surface area (Å²) in [6, 6.07) is 18.2. The SMILES string of the molecule is CC(C)C[C@H](NC(=O)c1ccc(-c2ccccc2)cc1)C(=O)N1CCC[C@H]1[C@H](O)N[C@H]1CSC(c2ccc(O)cc2)C[C@@H](C(=O)N[C@@H](Cc2ccc(O)cc2)C(=O)NCC(=O)N[C@H](C(=O)N[C@H](C)CS)C(C)O)NC(=O)[C@H](CC(=O)O)NC1=O. The summed E-state index contributed by atoms with van der Waals surface area (Å²) in [6.45, 7) is 6.26. The summed E-state index contributed by atoms with van der Waals surface area (Å²) in [5.41, 5.74) is 3.14. The van der Waals surface area contributed by atoms with E-state index in [0.717, 1.165) is 22.9 Å². The molecule has 2 aliphatic rings. The Labute approximate surface area is 496 Å². The van der Waals surface area contributed by atoms with Crippen LogP contribution in [0.5, 0.6) is 11.5 Å². The molecule has 0 spiro atoms. The highest BCUT2D eigenvalue weighted by atomic mass is 32.2. The van der Waals surface area contributed by atoms with Gasteiger partial charge in [0, 0.05) is 41.3 Å². The van der Waals surface area contributed by atoms with Gasteiger partial charge >= 0.3 is 5.97 Å². The molecule has 0 aliphatic carbocycles. The molecule has 4 aromatic rings. The van der Waals surface area contributed by atoms with E-state index >= 15 is 0 Å². The fraction of sp³-hybridized carbons (Fsp3) is 0.441. The van der Waals surface area contributed by atoms with Crippen molar-refractivity contribution in [2.45, 2.75) is 132 Å². The first-order chi connectivity index (χ1) is 40.0. The number of benzene rings is 4. The van der Waals surface area contributed by atoms with Crippen LogP contribution in [0.15, 0.2) is 103 Å². The maximum atomic E-state index is 14.7. The van der Waals surface area contributed by atoms with E-state index in [1.54, 1.807) is 31.2 Å². The van der Waals surface area contributed by atoms with Crippen LogP contribution in [0.1, 0.15) is 86.5 Å². The number of carbonyl (C=O) groups is 9. The topological polar surface area (TPSA) is 354 Å². The molecule has 8 amide bonds. The van der Waals surface area contributed by atoms with Crippen molar-refractivity contribution in [1.82, 2.24) is 47.4 Å². The van der Waals surface area contributed by atoms with Gasteiger partial charge in [-0.3, -0.25) is 48.5 Å². The quantitative estimate of drug-likeness (QED) is 0.0350. The number of hydrogen-bond acceptors (Lipinski definition) is 16. The van der Waals surface area contributed by atoms with Gasteiger partial charge in [0.25, 0.3) is 5.91 Å². The molecule has 13 N–H and O–H groups in total. The molecule has 2 aliphatic heterocycles. The van der Waals surface area contributed by atoms with Crippen molar-refractivity contribution in [2.75, 3.05) is 24.6 Å². The smallest absolute Gasteiger partial charge is 0.305 e. The third-order valence-corrected chi connectivity index (χ3v) is 16.1. The van der Waals surface area contributed by atoms with Gasteiger partial charge in [-0.2, -0.15) is 24.4 Å². The second-order valence-electron chi connectivity index (χ2n) is 21.4. The molecule has 0 saturated carbocycles. The van der Waals surface area contributed by atoms with Crippen molar-refractivity contribution < 1.29 is 68.7 Å². The number of nitrogens with one attached hydrogen (secondary N) is 8. The van der Waals surface area contributed by atoms with E-state index in [2.05, 4.69) is 55.2 Å². The number of thiol groups is 1. The third kappa shape index (κ3) is 19.2. The molecular weight excluding hydrogens is 1120 g/mol. The van der Waals surface area contributed by atoms with E-state index in [1.807, 2.05) is 56.3 Å². The number of rotatable bonds is 24. The number of aliphatic hydroxyl groups excluding tert-OH is 2.